The van der Waals surface area contributed by atoms with Gasteiger partial charge < -0.3 is 10.4 Å². The van der Waals surface area contributed by atoms with Gasteiger partial charge in [0.1, 0.15) is 6.10 Å². The molecule has 1 unspecified atom stereocenters. The maximum absolute atomic E-state index is 11.4. The molecule has 0 saturated heterocycles. The minimum absolute atomic E-state index is 0.00489. The number of benzene rings is 2. The summed E-state index contributed by atoms with van der Waals surface area (Å²) < 4.78 is 0.940. The first-order valence-corrected chi connectivity index (χ1v) is 7.20. The number of aryl methyl sites for hydroxylation is 1. The lowest BCUT2D eigenvalue weighted by atomic mass is 9.96. The van der Waals surface area contributed by atoms with E-state index in [4.69, 9.17) is 0 Å². The van der Waals surface area contributed by atoms with Crippen molar-refractivity contribution in [3.05, 3.63) is 63.1 Å². The van der Waals surface area contributed by atoms with Crippen molar-refractivity contribution < 1.29 is 9.90 Å². The minimum atomic E-state index is -0.687. The van der Waals surface area contributed by atoms with Crippen LogP contribution in [0.15, 0.2) is 40.9 Å². The number of amides is 1. The molecule has 4 heteroatoms. The number of nitrogens with one attached hydrogen (secondary N) is 1. The van der Waals surface area contributed by atoms with Crippen molar-refractivity contribution in [2.45, 2.75) is 19.4 Å². The molecule has 0 bridgehead atoms. The van der Waals surface area contributed by atoms with Crippen LogP contribution in [0.25, 0.3) is 0 Å². The molecule has 0 saturated carbocycles. The van der Waals surface area contributed by atoms with Gasteiger partial charge in [-0.05, 0) is 47.4 Å². The third-order valence-corrected chi connectivity index (χ3v) is 4.10. The average molecular weight is 332 g/mol. The number of aliphatic hydroxyl groups excluding tert-OH is 1. The van der Waals surface area contributed by atoms with Crippen molar-refractivity contribution in [2.24, 2.45) is 0 Å². The van der Waals surface area contributed by atoms with Gasteiger partial charge in [-0.3, -0.25) is 4.79 Å². The van der Waals surface area contributed by atoms with E-state index in [2.05, 4.69) is 21.2 Å². The van der Waals surface area contributed by atoms with E-state index in [1.54, 1.807) is 0 Å². The molecule has 2 aromatic carbocycles. The first-order chi connectivity index (χ1) is 9.54. The van der Waals surface area contributed by atoms with E-state index in [1.807, 2.05) is 43.3 Å². The van der Waals surface area contributed by atoms with Crippen LogP contribution in [0.2, 0.25) is 0 Å². The lowest BCUT2D eigenvalue weighted by Gasteiger charge is -2.15. The van der Waals surface area contributed by atoms with Gasteiger partial charge in [-0.15, -0.1) is 0 Å². The fourth-order valence-corrected chi connectivity index (χ4v) is 2.88. The molecule has 1 aliphatic heterocycles. The maximum atomic E-state index is 11.4. The Morgan fingerprint density at radius 2 is 2.05 bits per heavy atom. The molecule has 3 rings (SSSR count). The molecule has 0 spiro atoms. The highest BCUT2D eigenvalue weighted by molar-refractivity contribution is 9.10. The third-order valence-electron chi connectivity index (χ3n) is 3.61. The van der Waals surface area contributed by atoms with Gasteiger partial charge in [-0.1, -0.05) is 34.1 Å². The van der Waals surface area contributed by atoms with Crippen molar-refractivity contribution >= 4 is 27.5 Å². The van der Waals surface area contributed by atoms with Crippen LogP contribution in [0.5, 0.6) is 0 Å². The summed E-state index contributed by atoms with van der Waals surface area (Å²) in [4.78, 5) is 11.4. The molecule has 0 aliphatic carbocycles. The number of carbonyl (C=O) groups excluding carboxylic acids is 1. The van der Waals surface area contributed by atoms with Gasteiger partial charge >= 0.3 is 0 Å². The number of fused-ring (bicyclic) bond motifs is 1. The van der Waals surface area contributed by atoms with Crippen molar-refractivity contribution in [2.75, 3.05) is 5.32 Å². The van der Waals surface area contributed by atoms with E-state index >= 15 is 0 Å². The number of halogens is 1. The van der Waals surface area contributed by atoms with E-state index in [9.17, 15) is 9.90 Å². The predicted molar refractivity (Wildman–Crippen MR) is 81.7 cm³/mol. The Morgan fingerprint density at radius 3 is 2.85 bits per heavy atom. The zero-order valence-corrected chi connectivity index (χ0v) is 12.6. The summed E-state index contributed by atoms with van der Waals surface area (Å²) in [5.41, 5.74) is 4.50. The Morgan fingerprint density at radius 1 is 1.25 bits per heavy atom. The molecule has 0 aromatic heterocycles. The normalized spacial score (nSPS) is 14.8. The highest BCUT2D eigenvalue weighted by Crippen LogP contribution is 2.31. The topological polar surface area (TPSA) is 49.3 Å². The van der Waals surface area contributed by atoms with Crippen LogP contribution >= 0.6 is 15.9 Å². The Kier molecular flexibility index (Phi) is 3.36. The summed E-state index contributed by atoms with van der Waals surface area (Å²) in [5, 5.41) is 13.4. The second-order valence-electron chi connectivity index (χ2n) is 5.04. The molecule has 0 fully saturated rings. The number of anilines is 1. The fourth-order valence-electron chi connectivity index (χ4n) is 2.50. The highest BCUT2D eigenvalue weighted by atomic mass is 79.9. The molecule has 2 aromatic rings. The number of aliphatic hydroxyl groups is 1. The van der Waals surface area contributed by atoms with Gasteiger partial charge in [-0.2, -0.15) is 0 Å². The second-order valence-corrected chi connectivity index (χ2v) is 5.96. The summed E-state index contributed by atoms with van der Waals surface area (Å²) >= 11 is 3.43. The first-order valence-electron chi connectivity index (χ1n) is 6.41. The zero-order valence-electron chi connectivity index (χ0n) is 11.0. The van der Waals surface area contributed by atoms with E-state index in [-0.39, 0.29) is 5.91 Å². The number of hydrogen-bond acceptors (Lipinski definition) is 2. The van der Waals surface area contributed by atoms with Gasteiger partial charge in [0.15, 0.2) is 0 Å². The van der Waals surface area contributed by atoms with E-state index in [0.29, 0.717) is 6.42 Å². The van der Waals surface area contributed by atoms with Crippen LogP contribution in [0, 0.1) is 6.92 Å². The lowest BCUT2D eigenvalue weighted by molar-refractivity contribution is -0.115. The van der Waals surface area contributed by atoms with Crippen LogP contribution in [0.3, 0.4) is 0 Å². The molecule has 3 nitrogen and oxygen atoms in total. The lowest BCUT2D eigenvalue weighted by Crippen LogP contribution is -2.03. The molecular formula is C16H14BrNO2. The van der Waals surface area contributed by atoms with Crippen molar-refractivity contribution in [1.82, 2.24) is 0 Å². The fraction of sp³-hybridized carbons (Fsp3) is 0.188. The Labute approximate surface area is 125 Å². The van der Waals surface area contributed by atoms with Crippen LogP contribution in [-0.4, -0.2) is 11.0 Å². The van der Waals surface area contributed by atoms with Crippen molar-refractivity contribution in [3.63, 3.8) is 0 Å². The van der Waals surface area contributed by atoms with Crippen molar-refractivity contribution in [3.8, 4) is 0 Å². The van der Waals surface area contributed by atoms with Gasteiger partial charge in [0.25, 0.3) is 0 Å². The van der Waals surface area contributed by atoms with Crippen LogP contribution in [0.1, 0.15) is 28.4 Å². The monoisotopic (exact) mass is 331 g/mol. The zero-order chi connectivity index (χ0) is 14.3. The summed E-state index contributed by atoms with van der Waals surface area (Å²) in [5.74, 6) is 0.00489. The smallest absolute Gasteiger partial charge is 0.228 e. The van der Waals surface area contributed by atoms with E-state index < -0.39 is 6.10 Å². The van der Waals surface area contributed by atoms with Gasteiger partial charge in [0.05, 0.1) is 6.42 Å². The maximum Gasteiger partial charge on any atom is 0.228 e. The van der Waals surface area contributed by atoms with Crippen LogP contribution < -0.4 is 5.32 Å². The molecule has 1 aliphatic rings. The summed E-state index contributed by atoms with van der Waals surface area (Å²) in [7, 11) is 0. The molecule has 1 heterocycles. The number of hydrogen-bond donors (Lipinski definition) is 2. The SMILES string of the molecule is Cc1ccc(Br)cc1C(O)c1ccc2c(c1)CC(=O)N2. The minimum Gasteiger partial charge on any atom is -0.384 e. The molecule has 2 N–H and O–H groups in total. The largest absolute Gasteiger partial charge is 0.384 e. The molecule has 0 radical (unpaired) electrons. The third kappa shape index (κ3) is 2.37. The molecule has 20 heavy (non-hydrogen) atoms. The molecule has 102 valence electrons. The average Bonchev–Trinajstić information content (AvgIpc) is 2.79. The van der Waals surface area contributed by atoms with E-state index in [1.165, 1.54) is 0 Å². The summed E-state index contributed by atoms with van der Waals surface area (Å²) in [6.45, 7) is 1.98. The molecule has 1 amide bonds. The van der Waals surface area contributed by atoms with Gasteiger partial charge in [0, 0.05) is 10.2 Å². The summed E-state index contributed by atoms with van der Waals surface area (Å²) in [6.07, 6.45) is -0.304. The number of carbonyl (C=O) groups is 1. The van der Waals surface area contributed by atoms with E-state index in [0.717, 1.165) is 32.4 Å². The van der Waals surface area contributed by atoms with Gasteiger partial charge in [0.2, 0.25) is 5.91 Å². The van der Waals surface area contributed by atoms with Crippen LogP contribution in [-0.2, 0) is 11.2 Å². The molecule has 1 atom stereocenters. The Hall–Kier alpha value is -1.65. The van der Waals surface area contributed by atoms with Crippen molar-refractivity contribution in [1.29, 1.82) is 0 Å². The predicted octanol–water partition coefficient (Wildman–Crippen LogP) is 3.33. The highest BCUT2D eigenvalue weighted by Gasteiger charge is 2.20. The number of rotatable bonds is 2. The molecular weight excluding hydrogens is 318 g/mol. The first kappa shape index (κ1) is 13.3. The van der Waals surface area contributed by atoms with Crippen LogP contribution in [0.4, 0.5) is 5.69 Å². The quantitative estimate of drug-likeness (QED) is 0.886. The Bertz CT molecular complexity index is 697. The standard InChI is InChI=1S/C16H14BrNO2/c1-9-2-4-12(17)8-13(9)16(20)10-3-5-14-11(6-10)7-15(19)18-14/h2-6,8,16,20H,7H2,1H3,(H,18,19). The summed E-state index contributed by atoms with van der Waals surface area (Å²) in [6, 6.07) is 11.5. The Balaban J connectivity index is 1.99. The van der Waals surface area contributed by atoms with Gasteiger partial charge in [-0.25, -0.2) is 0 Å². The second kappa shape index (κ2) is 5.04.